The van der Waals surface area contributed by atoms with Crippen molar-refractivity contribution in [3.8, 4) is 5.75 Å². The van der Waals surface area contributed by atoms with E-state index >= 15 is 0 Å². The summed E-state index contributed by atoms with van der Waals surface area (Å²) >= 11 is 6.09. The second-order valence-electron chi connectivity index (χ2n) is 5.80. The molecule has 134 valence electrons. The summed E-state index contributed by atoms with van der Waals surface area (Å²) in [4.78, 5) is 12.6. The number of nitrogens with zero attached hydrogens (tertiary/aromatic N) is 1. The first-order valence-corrected chi connectivity index (χ1v) is 8.46. The molecule has 1 N–H and O–H groups in total. The normalized spacial score (nSPS) is 11.8. The number of ether oxygens (including phenoxy) is 1. The monoisotopic (exact) mass is 372 g/mol. The van der Waals surface area contributed by atoms with Crippen LogP contribution in [0.5, 0.6) is 5.75 Å². The highest BCUT2D eigenvalue weighted by molar-refractivity contribution is 6.32. The number of aromatic nitrogens is 1. The second-order valence-corrected chi connectivity index (χ2v) is 6.21. The molecule has 1 amide bonds. The van der Waals surface area contributed by atoms with Crippen molar-refractivity contribution in [2.75, 3.05) is 12.4 Å². The Bertz CT molecular complexity index is 879. The molecule has 0 aliphatic rings. The molecule has 4 nitrogen and oxygen atoms in total. The molecule has 26 heavy (non-hydrogen) atoms. The number of nitrogens with one attached hydrogen (secondary N) is 1. The van der Waals surface area contributed by atoms with Gasteiger partial charge in [0.2, 0.25) is 5.91 Å². The molecular formula is C20H18ClFN2O2. The highest BCUT2D eigenvalue weighted by Crippen LogP contribution is 2.28. The Morgan fingerprint density at radius 3 is 2.50 bits per heavy atom. The van der Waals surface area contributed by atoms with Gasteiger partial charge in [0.1, 0.15) is 11.6 Å². The van der Waals surface area contributed by atoms with Gasteiger partial charge in [0, 0.05) is 18.1 Å². The predicted octanol–water partition coefficient (Wildman–Crippen LogP) is 4.91. The Labute approximate surface area is 156 Å². The molecule has 0 saturated carbocycles. The van der Waals surface area contributed by atoms with Crippen molar-refractivity contribution in [1.82, 2.24) is 4.57 Å². The van der Waals surface area contributed by atoms with Crippen LogP contribution < -0.4 is 10.1 Å². The first-order valence-electron chi connectivity index (χ1n) is 8.08. The fourth-order valence-corrected chi connectivity index (χ4v) is 3.03. The van der Waals surface area contributed by atoms with E-state index in [1.165, 1.54) is 19.2 Å². The van der Waals surface area contributed by atoms with Crippen LogP contribution in [-0.4, -0.2) is 17.6 Å². The standard InChI is InChI=1S/C20H18ClFN2O2/c1-26-19-9-8-16(12-17(19)21)23-20(25)13-18(24-10-2-3-11-24)14-4-6-15(22)7-5-14/h2-12,18H,13H2,1H3,(H,23,25)/t18-/m0/s1. The van der Waals surface area contributed by atoms with Gasteiger partial charge in [-0.15, -0.1) is 0 Å². The van der Waals surface area contributed by atoms with Gasteiger partial charge < -0.3 is 14.6 Å². The van der Waals surface area contributed by atoms with Gasteiger partial charge in [-0.25, -0.2) is 4.39 Å². The third-order valence-electron chi connectivity index (χ3n) is 4.06. The topological polar surface area (TPSA) is 43.3 Å². The van der Waals surface area contributed by atoms with E-state index in [1.807, 2.05) is 29.1 Å². The van der Waals surface area contributed by atoms with Gasteiger partial charge >= 0.3 is 0 Å². The summed E-state index contributed by atoms with van der Waals surface area (Å²) in [7, 11) is 1.53. The molecule has 0 fully saturated rings. The summed E-state index contributed by atoms with van der Waals surface area (Å²) in [6.07, 6.45) is 3.96. The SMILES string of the molecule is COc1ccc(NC(=O)C[C@@H](c2ccc(F)cc2)n2cccc2)cc1Cl. The van der Waals surface area contributed by atoms with E-state index in [0.29, 0.717) is 16.5 Å². The van der Waals surface area contributed by atoms with Crippen LogP contribution >= 0.6 is 11.6 Å². The van der Waals surface area contributed by atoms with E-state index in [1.54, 1.807) is 30.3 Å². The molecule has 1 aromatic heterocycles. The molecule has 0 saturated heterocycles. The van der Waals surface area contributed by atoms with Crippen molar-refractivity contribution < 1.29 is 13.9 Å². The van der Waals surface area contributed by atoms with E-state index < -0.39 is 0 Å². The maximum Gasteiger partial charge on any atom is 0.226 e. The van der Waals surface area contributed by atoms with Crippen molar-refractivity contribution >= 4 is 23.2 Å². The average Bonchev–Trinajstić information content (AvgIpc) is 3.15. The number of halogens is 2. The van der Waals surface area contributed by atoms with Crippen molar-refractivity contribution in [2.24, 2.45) is 0 Å². The number of carbonyl (C=O) groups excluding carboxylic acids is 1. The van der Waals surface area contributed by atoms with Crippen molar-refractivity contribution in [3.05, 3.63) is 83.4 Å². The second kappa shape index (κ2) is 8.06. The van der Waals surface area contributed by atoms with Crippen LogP contribution in [0, 0.1) is 5.82 Å². The molecule has 6 heteroatoms. The maximum absolute atomic E-state index is 13.2. The Kier molecular flexibility index (Phi) is 5.58. The number of hydrogen-bond acceptors (Lipinski definition) is 2. The van der Waals surface area contributed by atoms with Gasteiger partial charge in [-0.1, -0.05) is 23.7 Å². The zero-order chi connectivity index (χ0) is 18.5. The molecule has 0 aliphatic heterocycles. The summed E-state index contributed by atoms with van der Waals surface area (Å²) < 4.78 is 20.3. The van der Waals surface area contributed by atoms with E-state index in [2.05, 4.69) is 5.32 Å². The number of benzene rings is 2. The zero-order valence-corrected chi connectivity index (χ0v) is 14.9. The summed E-state index contributed by atoms with van der Waals surface area (Å²) in [5.74, 6) is 0.0628. The number of anilines is 1. The lowest BCUT2D eigenvalue weighted by atomic mass is 10.0. The first kappa shape index (κ1) is 18.0. The maximum atomic E-state index is 13.2. The minimum Gasteiger partial charge on any atom is -0.495 e. The number of hydrogen-bond donors (Lipinski definition) is 1. The first-order chi connectivity index (χ1) is 12.6. The fraction of sp³-hybridized carbons (Fsp3) is 0.150. The van der Waals surface area contributed by atoms with Gasteiger partial charge in [-0.2, -0.15) is 0 Å². The van der Waals surface area contributed by atoms with E-state index in [0.717, 1.165) is 5.56 Å². The largest absolute Gasteiger partial charge is 0.495 e. The van der Waals surface area contributed by atoms with Gasteiger partial charge in [-0.3, -0.25) is 4.79 Å². The smallest absolute Gasteiger partial charge is 0.226 e. The molecule has 2 aromatic carbocycles. The van der Waals surface area contributed by atoms with Crippen molar-refractivity contribution in [2.45, 2.75) is 12.5 Å². The van der Waals surface area contributed by atoms with Crippen LogP contribution in [0.1, 0.15) is 18.0 Å². The highest BCUT2D eigenvalue weighted by Gasteiger charge is 2.18. The fourth-order valence-electron chi connectivity index (χ4n) is 2.77. The van der Waals surface area contributed by atoms with Crippen molar-refractivity contribution in [3.63, 3.8) is 0 Å². The van der Waals surface area contributed by atoms with Crippen molar-refractivity contribution in [1.29, 1.82) is 0 Å². The third-order valence-corrected chi connectivity index (χ3v) is 4.35. The van der Waals surface area contributed by atoms with Gasteiger partial charge in [0.05, 0.1) is 24.6 Å². The summed E-state index contributed by atoms with van der Waals surface area (Å²) in [6, 6.07) is 14.8. The number of amides is 1. The molecule has 3 rings (SSSR count). The summed E-state index contributed by atoms with van der Waals surface area (Å²) in [5.41, 5.74) is 1.44. The molecule has 0 radical (unpaired) electrons. The summed E-state index contributed by atoms with van der Waals surface area (Å²) in [6.45, 7) is 0. The van der Waals surface area contributed by atoms with Gasteiger partial charge in [0.25, 0.3) is 0 Å². The summed E-state index contributed by atoms with van der Waals surface area (Å²) in [5, 5.41) is 3.26. The average molecular weight is 373 g/mol. The molecule has 1 heterocycles. The molecular weight excluding hydrogens is 355 g/mol. The third kappa shape index (κ3) is 4.24. The number of carbonyl (C=O) groups is 1. The lowest BCUT2D eigenvalue weighted by Gasteiger charge is -2.19. The van der Waals surface area contributed by atoms with Crippen LogP contribution in [0.2, 0.25) is 5.02 Å². The lowest BCUT2D eigenvalue weighted by molar-refractivity contribution is -0.116. The minimum atomic E-state index is -0.308. The van der Waals surface area contributed by atoms with E-state index in [9.17, 15) is 9.18 Å². The predicted molar refractivity (Wildman–Crippen MR) is 100 cm³/mol. The molecule has 1 atom stereocenters. The van der Waals surface area contributed by atoms with Gasteiger partial charge in [-0.05, 0) is 48.0 Å². The Balaban J connectivity index is 1.77. The molecule has 3 aromatic rings. The van der Waals surface area contributed by atoms with Crippen LogP contribution in [0.15, 0.2) is 67.0 Å². The van der Waals surface area contributed by atoms with Crippen LogP contribution in [-0.2, 0) is 4.79 Å². The molecule has 0 spiro atoms. The zero-order valence-electron chi connectivity index (χ0n) is 14.2. The number of methoxy groups -OCH3 is 1. The van der Waals surface area contributed by atoms with Crippen LogP contribution in [0.4, 0.5) is 10.1 Å². The minimum absolute atomic E-state index is 0.172. The number of rotatable bonds is 6. The van der Waals surface area contributed by atoms with Crippen LogP contribution in [0.3, 0.4) is 0 Å². The highest BCUT2D eigenvalue weighted by atomic mass is 35.5. The van der Waals surface area contributed by atoms with Gasteiger partial charge in [0.15, 0.2) is 0 Å². The Morgan fingerprint density at radius 1 is 1.19 bits per heavy atom. The Hall–Kier alpha value is -2.79. The molecule has 0 aliphatic carbocycles. The molecule has 0 bridgehead atoms. The Morgan fingerprint density at radius 2 is 1.88 bits per heavy atom. The quantitative estimate of drug-likeness (QED) is 0.668. The lowest BCUT2D eigenvalue weighted by Crippen LogP contribution is -2.19. The van der Waals surface area contributed by atoms with Crippen LogP contribution in [0.25, 0.3) is 0 Å². The van der Waals surface area contributed by atoms with E-state index in [-0.39, 0.29) is 24.2 Å². The van der Waals surface area contributed by atoms with E-state index in [4.69, 9.17) is 16.3 Å². The molecule has 0 unspecified atom stereocenters.